The molecule has 0 radical (unpaired) electrons. The van der Waals surface area contributed by atoms with Crippen LogP contribution in [0.1, 0.15) is 58.3 Å². The lowest BCUT2D eigenvalue weighted by Gasteiger charge is -2.39. The molecule has 0 aromatic rings. The predicted molar refractivity (Wildman–Crippen MR) is 77.4 cm³/mol. The summed E-state index contributed by atoms with van der Waals surface area (Å²) in [6.45, 7) is 3.11. The number of carbonyl (C=O) groups is 1. The quantitative estimate of drug-likeness (QED) is 0.788. The van der Waals surface area contributed by atoms with Gasteiger partial charge in [0.2, 0.25) is 5.91 Å². The number of ether oxygens (including phenoxy) is 1. The molecule has 110 valence electrons. The van der Waals surface area contributed by atoms with Crippen LogP contribution in [0.4, 0.5) is 0 Å². The van der Waals surface area contributed by atoms with Crippen LogP contribution >= 0.6 is 11.6 Å². The molecule has 2 rings (SSSR count). The zero-order valence-electron chi connectivity index (χ0n) is 11.9. The van der Waals surface area contributed by atoms with Crippen molar-refractivity contribution in [1.29, 1.82) is 0 Å². The van der Waals surface area contributed by atoms with E-state index in [-0.39, 0.29) is 11.4 Å². The second kappa shape index (κ2) is 6.94. The Morgan fingerprint density at radius 2 is 2.26 bits per heavy atom. The maximum absolute atomic E-state index is 12.1. The van der Waals surface area contributed by atoms with Gasteiger partial charge in [0.15, 0.2) is 0 Å². The summed E-state index contributed by atoms with van der Waals surface area (Å²) in [7, 11) is 0. The molecule has 3 atom stereocenters. The first-order valence-corrected chi connectivity index (χ1v) is 8.15. The maximum atomic E-state index is 12.1. The fourth-order valence-electron chi connectivity index (χ4n) is 3.45. The lowest BCUT2D eigenvalue weighted by Crippen LogP contribution is -2.52. The third-order valence-electron chi connectivity index (χ3n) is 4.47. The summed E-state index contributed by atoms with van der Waals surface area (Å²) in [6, 6.07) is 0. The first-order valence-electron chi connectivity index (χ1n) is 7.62. The van der Waals surface area contributed by atoms with Crippen LogP contribution in [0, 0.1) is 5.92 Å². The molecule has 1 saturated carbocycles. The molecule has 1 heterocycles. The van der Waals surface area contributed by atoms with Gasteiger partial charge in [0.05, 0.1) is 11.6 Å². The molecule has 4 heteroatoms. The van der Waals surface area contributed by atoms with Crippen molar-refractivity contribution in [3.05, 3.63) is 0 Å². The average molecular weight is 288 g/mol. The van der Waals surface area contributed by atoms with E-state index in [2.05, 4.69) is 12.2 Å². The van der Waals surface area contributed by atoms with Gasteiger partial charge in [-0.2, -0.15) is 0 Å². The van der Waals surface area contributed by atoms with E-state index in [1.54, 1.807) is 0 Å². The molecule has 1 aliphatic carbocycles. The van der Waals surface area contributed by atoms with Crippen LogP contribution in [0.15, 0.2) is 0 Å². The molecule has 2 fully saturated rings. The van der Waals surface area contributed by atoms with Crippen LogP contribution in [0.3, 0.4) is 0 Å². The molecule has 3 unspecified atom stereocenters. The Balaban J connectivity index is 1.78. The van der Waals surface area contributed by atoms with E-state index in [0.717, 1.165) is 38.7 Å². The van der Waals surface area contributed by atoms with Crippen molar-refractivity contribution in [3.63, 3.8) is 0 Å². The summed E-state index contributed by atoms with van der Waals surface area (Å²) in [6.07, 6.45) is 8.40. The standard InChI is InChI=1S/C15H26ClNO2/c1-12-4-2-8-15(10-12,11-16)17-14(18)7-6-13-5-3-9-19-13/h12-13H,2-11H2,1H3,(H,17,18). The summed E-state index contributed by atoms with van der Waals surface area (Å²) in [5, 5.41) is 3.21. The van der Waals surface area contributed by atoms with Gasteiger partial charge in [-0.3, -0.25) is 4.79 Å². The fraction of sp³-hybridized carbons (Fsp3) is 0.933. The van der Waals surface area contributed by atoms with Gasteiger partial charge in [-0.1, -0.05) is 19.8 Å². The van der Waals surface area contributed by atoms with Crippen molar-refractivity contribution in [2.45, 2.75) is 69.9 Å². The van der Waals surface area contributed by atoms with Crippen molar-refractivity contribution in [2.75, 3.05) is 12.5 Å². The van der Waals surface area contributed by atoms with Crippen LogP contribution in [-0.4, -0.2) is 30.0 Å². The molecule has 3 nitrogen and oxygen atoms in total. The van der Waals surface area contributed by atoms with Gasteiger partial charge in [0.25, 0.3) is 0 Å². The van der Waals surface area contributed by atoms with Crippen LogP contribution in [0.25, 0.3) is 0 Å². The topological polar surface area (TPSA) is 38.3 Å². The van der Waals surface area contributed by atoms with E-state index in [1.807, 2.05) is 0 Å². The molecule has 0 spiro atoms. The first kappa shape index (κ1) is 15.1. The van der Waals surface area contributed by atoms with Gasteiger partial charge < -0.3 is 10.1 Å². The minimum Gasteiger partial charge on any atom is -0.378 e. The average Bonchev–Trinajstić information content (AvgIpc) is 2.89. The summed E-state index contributed by atoms with van der Waals surface area (Å²) in [5.74, 6) is 1.33. The third-order valence-corrected chi connectivity index (χ3v) is 4.98. The summed E-state index contributed by atoms with van der Waals surface area (Å²) in [5.41, 5.74) is -0.160. The molecule has 1 aliphatic heterocycles. The van der Waals surface area contributed by atoms with Crippen molar-refractivity contribution < 1.29 is 9.53 Å². The smallest absolute Gasteiger partial charge is 0.220 e. The van der Waals surface area contributed by atoms with Gasteiger partial charge in [0, 0.05) is 18.9 Å². The lowest BCUT2D eigenvalue weighted by molar-refractivity contribution is -0.124. The zero-order valence-corrected chi connectivity index (χ0v) is 12.7. The highest BCUT2D eigenvalue weighted by molar-refractivity contribution is 6.18. The Hall–Kier alpha value is -0.280. The third kappa shape index (κ3) is 4.35. The molecule has 1 amide bonds. The van der Waals surface area contributed by atoms with Gasteiger partial charge in [0.1, 0.15) is 0 Å². The van der Waals surface area contributed by atoms with E-state index in [0.29, 0.717) is 24.3 Å². The summed E-state index contributed by atoms with van der Waals surface area (Å²) < 4.78 is 5.56. The lowest BCUT2D eigenvalue weighted by atomic mass is 9.77. The number of carbonyl (C=O) groups excluding carboxylic acids is 1. The van der Waals surface area contributed by atoms with Gasteiger partial charge in [-0.05, 0) is 38.0 Å². The second-order valence-electron chi connectivity index (χ2n) is 6.34. The highest BCUT2D eigenvalue weighted by Gasteiger charge is 2.35. The molecule has 1 saturated heterocycles. The Morgan fingerprint density at radius 3 is 2.89 bits per heavy atom. The van der Waals surface area contributed by atoms with E-state index in [4.69, 9.17) is 16.3 Å². The zero-order chi connectivity index (χ0) is 13.7. The molecule has 1 N–H and O–H groups in total. The van der Waals surface area contributed by atoms with Gasteiger partial charge >= 0.3 is 0 Å². The number of rotatable bonds is 5. The fourth-order valence-corrected chi connectivity index (χ4v) is 3.76. The number of halogens is 1. The van der Waals surface area contributed by atoms with Crippen molar-refractivity contribution >= 4 is 17.5 Å². The van der Waals surface area contributed by atoms with E-state index >= 15 is 0 Å². The first-order chi connectivity index (χ1) is 9.13. The van der Waals surface area contributed by atoms with Crippen LogP contribution < -0.4 is 5.32 Å². The minimum atomic E-state index is -0.160. The minimum absolute atomic E-state index is 0.144. The van der Waals surface area contributed by atoms with Crippen molar-refractivity contribution in [2.24, 2.45) is 5.92 Å². The SMILES string of the molecule is CC1CCCC(CCl)(NC(=O)CCC2CCCO2)C1. The number of hydrogen-bond acceptors (Lipinski definition) is 2. The van der Waals surface area contributed by atoms with E-state index in [1.165, 1.54) is 12.8 Å². The summed E-state index contributed by atoms with van der Waals surface area (Å²) in [4.78, 5) is 12.1. The molecule has 0 aromatic heterocycles. The number of hydrogen-bond donors (Lipinski definition) is 1. The van der Waals surface area contributed by atoms with Crippen LogP contribution in [-0.2, 0) is 9.53 Å². The number of nitrogens with one attached hydrogen (secondary N) is 1. The second-order valence-corrected chi connectivity index (χ2v) is 6.60. The molecule has 0 bridgehead atoms. The Labute approximate surface area is 121 Å². The predicted octanol–water partition coefficient (Wildman–Crippen LogP) is 3.25. The monoisotopic (exact) mass is 287 g/mol. The van der Waals surface area contributed by atoms with Gasteiger partial charge in [-0.15, -0.1) is 11.6 Å². The van der Waals surface area contributed by atoms with Crippen LogP contribution in [0.5, 0.6) is 0 Å². The van der Waals surface area contributed by atoms with Crippen molar-refractivity contribution in [1.82, 2.24) is 5.32 Å². The van der Waals surface area contributed by atoms with E-state index in [9.17, 15) is 4.79 Å². The normalized spacial score (nSPS) is 35.3. The van der Waals surface area contributed by atoms with Gasteiger partial charge in [-0.25, -0.2) is 0 Å². The molecular formula is C15H26ClNO2. The summed E-state index contributed by atoms with van der Waals surface area (Å²) >= 11 is 6.13. The molecule has 2 aliphatic rings. The molecule has 19 heavy (non-hydrogen) atoms. The van der Waals surface area contributed by atoms with E-state index < -0.39 is 0 Å². The molecular weight excluding hydrogens is 262 g/mol. The maximum Gasteiger partial charge on any atom is 0.220 e. The highest BCUT2D eigenvalue weighted by atomic mass is 35.5. The Morgan fingerprint density at radius 1 is 1.42 bits per heavy atom. The number of alkyl halides is 1. The Bertz CT molecular complexity index is 305. The van der Waals surface area contributed by atoms with Crippen LogP contribution in [0.2, 0.25) is 0 Å². The number of amides is 1. The Kier molecular flexibility index (Phi) is 5.52. The van der Waals surface area contributed by atoms with Crippen molar-refractivity contribution in [3.8, 4) is 0 Å². The molecule has 0 aromatic carbocycles. The highest BCUT2D eigenvalue weighted by Crippen LogP contribution is 2.33. The largest absolute Gasteiger partial charge is 0.378 e.